The lowest BCUT2D eigenvalue weighted by molar-refractivity contribution is 1.06. The van der Waals surface area contributed by atoms with Gasteiger partial charge in [-0.3, -0.25) is 4.98 Å². The molecule has 0 aromatic carbocycles. The van der Waals surface area contributed by atoms with Gasteiger partial charge in [-0.2, -0.15) is 0 Å². The predicted octanol–water partition coefficient (Wildman–Crippen LogP) is 1.92. The van der Waals surface area contributed by atoms with Gasteiger partial charge in [0.25, 0.3) is 0 Å². The van der Waals surface area contributed by atoms with Crippen molar-refractivity contribution in [1.29, 1.82) is 0 Å². The third kappa shape index (κ3) is 1.03. The topological polar surface area (TPSA) is 30.2 Å². The molecule has 1 aliphatic rings. The average molecular weight is 173 g/mol. The van der Waals surface area contributed by atoms with E-state index in [0.29, 0.717) is 0 Å². The van der Waals surface area contributed by atoms with Crippen molar-refractivity contribution in [2.24, 2.45) is 0 Å². The molecule has 13 heavy (non-hydrogen) atoms. The van der Waals surface area contributed by atoms with E-state index in [1.807, 2.05) is 19.3 Å². The van der Waals surface area contributed by atoms with Gasteiger partial charge in [-0.15, -0.1) is 0 Å². The van der Waals surface area contributed by atoms with E-state index in [1.54, 1.807) is 0 Å². The fourth-order valence-corrected chi connectivity index (χ4v) is 1.64. The Morgan fingerprint density at radius 3 is 3.00 bits per heavy atom. The minimum atomic E-state index is 0.722. The van der Waals surface area contributed by atoms with Crippen LogP contribution in [0.2, 0.25) is 0 Å². The molecule has 0 bridgehead atoms. The minimum Gasteiger partial charge on any atom is -0.304 e. The third-order valence-electron chi connectivity index (χ3n) is 2.57. The molecule has 3 nitrogen and oxygen atoms in total. The van der Waals surface area contributed by atoms with Crippen LogP contribution < -0.4 is 0 Å². The third-order valence-corrected chi connectivity index (χ3v) is 2.57. The molecule has 2 heterocycles. The lowest BCUT2D eigenvalue weighted by Gasteiger charge is -1.93. The summed E-state index contributed by atoms with van der Waals surface area (Å²) in [6.45, 7) is 2.00. The molecule has 1 saturated carbocycles. The second-order valence-electron chi connectivity index (χ2n) is 3.68. The normalized spacial score (nSPS) is 16.7. The van der Waals surface area contributed by atoms with Crippen LogP contribution in [0.15, 0.2) is 18.6 Å². The Morgan fingerprint density at radius 1 is 1.46 bits per heavy atom. The molecule has 3 heteroatoms. The SMILES string of the molecule is Cc1nccn2cc(C3CC3)nc12. The molecule has 0 unspecified atom stereocenters. The van der Waals surface area contributed by atoms with Crippen LogP contribution in [0.1, 0.15) is 30.1 Å². The van der Waals surface area contributed by atoms with E-state index >= 15 is 0 Å². The second-order valence-corrected chi connectivity index (χ2v) is 3.68. The summed E-state index contributed by atoms with van der Waals surface area (Å²) in [6, 6.07) is 0. The summed E-state index contributed by atoms with van der Waals surface area (Å²) in [5.74, 6) is 0.722. The number of hydrogen-bond donors (Lipinski definition) is 0. The first-order chi connectivity index (χ1) is 6.34. The summed E-state index contributed by atoms with van der Waals surface area (Å²) in [7, 11) is 0. The standard InChI is InChI=1S/C10H11N3/c1-7-10-12-9(8-2-3-8)6-13(10)5-4-11-7/h4-6,8H,2-3H2,1H3. The highest BCUT2D eigenvalue weighted by Crippen LogP contribution is 2.39. The highest BCUT2D eigenvalue weighted by molar-refractivity contribution is 5.45. The Kier molecular flexibility index (Phi) is 1.26. The van der Waals surface area contributed by atoms with Gasteiger partial charge in [0.15, 0.2) is 5.65 Å². The Balaban J connectivity index is 2.26. The summed E-state index contributed by atoms with van der Waals surface area (Å²) in [5.41, 5.74) is 3.25. The van der Waals surface area contributed by atoms with Crippen LogP contribution in [0.3, 0.4) is 0 Å². The maximum Gasteiger partial charge on any atom is 0.158 e. The first kappa shape index (κ1) is 7.06. The van der Waals surface area contributed by atoms with Crippen molar-refractivity contribution in [3.8, 4) is 0 Å². The number of rotatable bonds is 1. The number of aryl methyl sites for hydroxylation is 1. The van der Waals surface area contributed by atoms with Crippen molar-refractivity contribution >= 4 is 5.65 Å². The van der Waals surface area contributed by atoms with E-state index in [0.717, 1.165) is 17.3 Å². The average Bonchev–Trinajstić information content (AvgIpc) is 2.87. The second kappa shape index (κ2) is 2.31. The van der Waals surface area contributed by atoms with Gasteiger partial charge in [0.1, 0.15) is 0 Å². The van der Waals surface area contributed by atoms with Crippen molar-refractivity contribution in [2.45, 2.75) is 25.7 Å². The Hall–Kier alpha value is -1.38. The molecule has 66 valence electrons. The molecule has 3 rings (SSSR count). The van der Waals surface area contributed by atoms with Gasteiger partial charge in [-0.1, -0.05) is 0 Å². The number of imidazole rings is 1. The number of nitrogens with zero attached hydrogens (tertiary/aromatic N) is 3. The van der Waals surface area contributed by atoms with Crippen LogP contribution in [0.4, 0.5) is 0 Å². The molecule has 2 aromatic heterocycles. The van der Waals surface area contributed by atoms with Crippen LogP contribution in [-0.2, 0) is 0 Å². The number of aromatic nitrogens is 3. The van der Waals surface area contributed by atoms with E-state index in [2.05, 4.69) is 20.6 Å². The zero-order valence-electron chi connectivity index (χ0n) is 7.57. The van der Waals surface area contributed by atoms with Gasteiger partial charge in [-0.25, -0.2) is 4.98 Å². The fraction of sp³-hybridized carbons (Fsp3) is 0.400. The summed E-state index contributed by atoms with van der Waals surface area (Å²) in [6.07, 6.45) is 8.51. The Labute approximate surface area is 76.4 Å². The highest BCUT2D eigenvalue weighted by atomic mass is 15.0. The predicted molar refractivity (Wildman–Crippen MR) is 49.7 cm³/mol. The molecule has 0 amide bonds. The van der Waals surface area contributed by atoms with Crippen molar-refractivity contribution < 1.29 is 0 Å². The largest absolute Gasteiger partial charge is 0.304 e. The van der Waals surface area contributed by atoms with E-state index in [-0.39, 0.29) is 0 Å². The summed E-state index contributed by atoms with van der Waals surface area (Å²) in [5, 5.41) is 0. The van der Waals surface area contributed by atoms with Gasteiger partial charge >= 0.3 is 0 Å². The number of fused-ring (bicyclic) bond motifs is 1. The quantitative estimate of drug-likeness (QED) is 0.659. The highest BCUT2D eigenvalue weighted by Gasteiger charge is 2.26. The molecule has 0 spiro atoms. The number of hydrogen-bond acceptors (Lipinski definition) is 2. The maximum absolute atomic E-state index is 4.57. The summed E-state index contributed by atoms with van der Waals surface area (Å²) in [4.78, 5) is 8.79. The molecule has 0 saturated heterocycles. The van der Waals surface area contributed by atoms with Crippen molar-refractivity contribution in [2.75, 3.05) is 0 Å². The van der Waals surface area contributed by atoms with Crippen LogP contribution in [0, 0.1) is 6.92 Å². The molecular formula is C10H11N3. The zero-order valence-corrected chi connectivity index (χ0v) is 7.57. The molecule has 0 atom stereocenters. The van der Waals surface area contributed by atoms with Crippen LogP contribution >= 0.6 is 0 Å². The smallest absolute Gasteiger partial charge is 0.158 e. The van der Waals surface area contributed by atoms with Crippen LogP contribution in [0.25, 0.3) is 5.65 Å². The van der Waals surface area contributed by atoms with Crippen molar-refractivity contribution in [1.82, 2.24) is 14.4 Å². The first-order valence-electron chi connectivity index (χ1n) is 4.65. The fourth-order valence-electron chi connectivity index (χ4n) is 1.64. The first-order valence-corrected chi connectivity index (χ1v) is 4.65. The van der Waals surface area contributed by atoms with Gasteiger partial charge < -0.3 is 4.40 Å². The van der Waals surface area contributed by atoms with Crippen LogP contribution in [0.5, 0.6) is 0 Å². The molecular weight excluding hydrogens is 162 g/mol. The Morgan fingerprint density at radius 2 is 2.31 bits per heavy atom. The van der Waals surface area contributed by atoms with Gasteiger partial charge in [-0.05, 0) is 19.8 Å². The molecule has 0 aliphatic heterocycles. The molecule has 1 aliphatic carbocycles. The van der Waals surface area contributed by atoms with Gasteiger partial charge in [0, 0.05) is 24.5 Å². The lowest BCUT2D eigenvalue weighted by atomic mass is 10.3. The van der Waals surface area contributed by atoms with Gasteiger partial charge in [0.2, 0.25) is 0 Å². The van der Waals surface area contributed by atoms with E-state index < -0.39 is 0 Å². The maximum atomic E-state index is 4.57. The van der Waals surface area contributed by atoms with E-state index in [4.69, 9.17) is 0 Å². The molecule has 0 radical (unpaired) electrons. The summed E-state index contributed by atoms with van der Waals surface area (Å²) < 4.78 is 2.07. The van der Waals surface area contributed by atoms with Crippen molar-refractivity contribution in [3.63, 3.8) is 0 Å². The minimum absolute atomic E-state index is 0.722. The van der Waals surface area contributed by atoms with E-state index in [1.165, 1.54) is 18.5 Å². The summed E-state index contributed by atoms with van der Waals surface area (Å²) >= 11 is 0. The zero-order chi connectivity index (χ0) is 8.84. The van der Waals surface area contributed by atoms with Crippen molar-refractivity contribution in [3.05, 3.63) is 30.0 Å². The monoisotopic (exact) mass is 173 g/mol. The molecule has 0 N–H and O–H groups in total. The lowest BCUT2D eigenvalue weighted by Crippen LogP contribution is -1.88. The van der Waals surface area contributed by atoms with Gasteiger partial charge in [0.05, 0.1) is 11.4 Å². The Bertz CT molecular complexity index is 454. The molecule has 1 fully saturated rings. The van der Waals surface area contributed by atoms with E-state index in [9.17, 15) is 0 Å². The van der Waals surface area contributed by atoms with Crippen LogP contribution in [-0.4, -0.2) is 14.4 Å². The molecule has 2 aromatic rings.